The molecule has 3 N–H and O–H groups in total. The molecule has 2 unspecified atom stereocenters. The summed E-state index contributed by atoms with van der Waals surface area (Å²) < 4.78 is 5.45. The third-order valence-corrected chi connectivity index (χ3v) is 13.2. The van der Waals surface area contributed by atoms with Crippen molar-refractivity contribution in [1.29, 1.82) is 0 Å². The zero-order valence-electron chi connectivity index (χ0n) is 43.0. The van der Waals surface area contributed by atoms with Crippen LogP contribution in [0.5, 0.6) is 0 Å². The Balaban J connectivity index is 3.48. The number of hydrogen-bond donors (Lipinski definition) is 3. The Kier molecular flexibility index (Phi) is 52.6. The van der Waals surface area contributed by atoms with E-state index in [1.165, 1.54) is 231 Å². The summed E-state index contributed by atoms with van der Waals surface area (Å²) in [6, 6.07) is -0.634. The van der Waals surface area contributed by atoms with Gasteiger partial charge in [0.2, 0.25) is 5.91 Å². The molecule has 0 fully saturated rings. The summed E-state index contributed by atoms with van der Waals surface area (Å²) in [4.78, 5) is 24.4. The van der Waals surface area contributed by atoms with Crippen molar-refractivity contribution in [3.63, 3.8) is 0 Å². The molecule has 64 heavy (non-hydrogen) atoms. The lowest BCUT2D eigenvalue weighted by Crippen LogP contribution is -2.45. The summed E-state index contributed by atoms with van der Waals surface area (Å²) in [6.07, 6.45) is 64.8. The summed E-state index contributed by atoms with van der Waals surface area (Å²) in [7, 11) is 0. The third-order valence-electron chi connectivity index (χ3n) is 13.2. The average molecular weight is 903 g/mol. The highest BCUT2D eigenvalue weighted by molar-refractivity contribution is 5.76. The zero-order chi connectivity index (χ0) is 46.5. The van der Waals surface area contributed by atoms with Gasteiger partial charge in [-0.2, -0.15) is 0 Å². The highest BCUT2D eigenvalue weighted by atomic mass is 16.5. The second-order valence-electron chi connectivity index (χ2n) is 19.6. The number of aliphatic hydroxyl groups excluding tert-OH is 2. The predicted octanol–water partition coefficient (Wildman–Crippen LogP) is 17.5. The Morgan fingerprint density at radius 2 is 0.734 bits per heavy atom. The number of ether oxygens (including phenoxy) is 1. The van der Waals surface area contributed by atoms with Crippen LogP contribution in [0, 0.1) is 0 Å². The van der Waals surface area contributed by atoms with E-state index in [0.717, 1.165) is 51.4 Å². The maximum absolute atomic E-state index is 12.5. The van der Waals surface area contributed by atoms with Crippen LogP contribution in [0.4, 0.5) is 0 Å². The molecular formula is C58H111NO5. The summed E-state index contributed by atoms with van der Waals surface area (Å²) in [5, 5.41) is 23.1. The van der Waals surface area contributed by atoms with Crippen molar-refractivity contribution in [1.82, 2.24) is 5.32 Å². The van der Waals surface area contributed by atoms with Gasteiger partial charge in [0, 0.05) is 12.8 Å². The van der Waals surface area contributed by atoms with Crippen LogP contribution >= 0.6 is 0 Å². The Labute approximate surface area is 399 Å². The standard InChI is InChI=1S/C58H111NO5/c1-3-5-7-9-11-13-15-16-17-21-24-27-31-34-38-42-46-50-56(61)55(54-60)59-57(62)51-47-43-39-35-32-28-25-22-19-18-20-23-26-29-33-37-41-45-49-53-64-58(63)52-48-44-40-36-30-14-12-10-8-6-4-2/h18-19,46,50,55-56,60-61H,3-17,20-45,47-49,51-54H2,1-2H3,(H,59,62)/b19-18-,50-46+. The first-order valence-corrected chi connectivity index (χ1v) is 28.6. The van der Waals surface area contributed by atoms with Crippen LogP contribution in [0.25, 0.3) is 0 Å². The van der Waals surface area contributed by atoms with Gasteiger partial charge in [-0.3, -0.25) is 9.59 Å². The number of hydrogen-bond acceptors (Lipinski definition) is 5. The highest BCUT2D eigenvalue weighted by Gasteiger charge is 2.18. The van der Waals surface area contributed by atoms with Crippen molar-refractivity contribution >= 4 is 11.9 Å². The molecule has 6 heteroatoms. The SMILES string of the molecule is CCCCCCCCCCCCCCCCC/C=C/C(O)C(CO)NC(=O)CCCCCCCCC/C=C\CCCCCCCCCCOC(=O)CCCCCCCCCCCCC. The molecular weight excluding hydrogens is 791 g/mol. The van der Waals surface area contributed by atoms with Crippen LogP contribution < -0.4 is 5.32 Å². The van der Waals surface area contributed by atoms with Crippen molar-refractivity contribution in [2.75, 3.05) is 13.2 Å². The first-order valence-electron chi connectivity index (χ1n) is 28.6. The maximum Gasteiger partial charge on any atom is 0.305 e. The van der Waals surface area contributed by atoms with Gasteiger partial charge in [0.25, 0.3) is 0 Å². The Morgan fingerprint density at radius 1 is 0.422 bits per heavy atom. The van der Waals surface area contributed by atoms with E-state index in [0.29, 0.717) is 19.4 Å². The minimum absolute atomic E-state index is 0.00294. The van der Waals surface area contributed by atoms with Crippen LogP contribution in [-0.4, -0.2) is 47.4 Å². The number of carbonyl (C=O) groups excluding carboxylic acids is 2. The highest BCUT2D eigenvalue weighted by Crippen LogP contribution is 2.16. The van der Waals surface area contributed by atoms with E-state index in [4.69, 9.17) is 4.74 Å². The number of aliphatic hydroxyl groups is 2. The van der Waals surface area contributed by atoms with Crippen molar-refractivity contribution in [3.8, 4) is 0 Å². The van der Waals surface area contributed by atoms with E-state index in [1.807, 2.05) is 6.08 Å². The molecule has 2 atom stereocenters. The van der Waals surface area contributed by atoms with E-state index in [1.54, 1.807) is 6.08 Å². The topological polar surface area (TPSA) is 95.9 Å². The smallest absolute Gasteiger partial charge is 0.305 e. The lowest BCUT2D eigenvalue weighted by Gasteiger charge is -2.20. The Hall–Kier alpha value is -1.66. The lowest BCUT2D eigenvalue weighted by atomic mass is 10.0. The molecule has 0 saturated heterocycles. The molecule has 6 nitrogen and oxygen atoms in total. The van der Waals surface area contributed by atoms with Gasteiger partial charge in [-0.1, -0.05) is 263 Å². The van der Waals surface area contributed by atoms with Gasteiger partial charge in [0.15, 0.2) is 0 Å². The molecule has 0 bridgehead atoms. The zero-order valence-corrected chi connectivity index (χ0v) is 43.0. The first-order chi connectivity index (χ1) is 31.5. The quantitative estimate of drug-likeness (QED) is 0.0321. The van der Waals surface area contributed by atoms with Crippen molar-refractivity contribution in [2.45, 2.75) is 321 Å². The van der Waals surface area contributed by atoms with Crippen LogP contribution in [0.1, 0.15) is 309 Å². The minimum atomic E-state index is -0.850. The van der Waals surface area contributed by atoms with Gasteiger partial charge in [-0.25, -0.2) is 0 Å². The van der Waals surface area contributed by atoms with Gasteiger partial charge in [-0.15, -0.1) is 0 Å². The van der Waals surface area contributed by atoms with Crippen molar-refractivity contribution < 1.29 is 24.5 Å². The summed E-state index contributed by atoms with van der Waals surface area (Å²) in [5.74, 6) is -0.0730. The number of nitrogens with one attached hydrogen (secondary N) is 1. The van der Waals surface area contributed by atoms with Crippen LogP contribution in [-0.2, 0) is 14.3 Å². The molecule has 0 saturated carbocycles. The van der Waals surface area contributed by atoms with Crippen LogP contribution in [0.3, 0.4) is 0 Å². The van der Waals surface area contributed by atoms with E-state index in [9.17, 15) is 19.8 Å². The first kappa shape index (κ1) is 62.3. The summed E-state index contributed by atoms with van der Waals surface area (Å²) in [5.41, 5.74) is 0. The molecule has 0 radical (unpaired) electrons. The van der Waals surface area contributed by atoms with Gasteiger partial charge >= 0.3 is 5.97 Å². The monoisotopic (exact) mass is 902 g/mol. The second-order valence-corrected chi connectivity index (χ2v) is 19.6. The largest absolute Gasteiger partial charge is 0.466 e. The third kappa shape index (κ3) is 49.8. The lowest BCUT2D eigenvalue weighted by molar-refractivity contribution is -0.143. The van der Waals surface area contributed by atoms with Gasteiger partial charge in [-0.05, 0) is 57.8 Å². The minimum Gasteiger partial charge on any atom is -0.466 e. The molecule has 0 aromatic rings. The molecule has 378 valence electrons. The van der Waals surface area contributed by atoms with E-state index < -0.39 is 12.1 Å². The molecule has 0 aromatic carbocycles. The summed E-state index contributed by atoms with van der Waals surface area (Å²) in [6.45, 7) is 4.90. The molecule has 0 aliphatic rings. The van der Waals surface area contributed by atoms with E-state index >= 15 is 0 Å². The second kappa shape index (κ2) is 54.0. The van der Waals surface area contributed by atoms with Crippen molar-refractivity contribution in [2.24, 2.45) is 0 Å². The molecule has 0 aliphatic heterocycles. The average Bonchev–Trinajstić information content (AvgIpc) is 3.29. The number of esters is 1. The summed E-state index contributed by atoms with van der Waals surface area (Å²) >= 11 is 0. The van der Waals surface area contributed by atoms with Gasteiger partial charge in [0.1, 0.15) is 0 Å². The van der Waals surface area contributed by atoms with E-state index in [-0.39, 0.29) is 18.5 Å². The molecule has 0 rings (SSSR count). The molecule has 0 aromatic heterocycles. The van der Waals surface area contributed by atoms with Crippen molar-refractivity contribution in [3.05, 3.63) is 24.3 Å². The fourth-order valence-corrected chi connectivity index (χ4v) is 8.81. The van der Waals surface area contributed by atoms with Crippen LogP contribution in [0.2, 0.25) is 0 Å². The number of rotatable bonds is 53. The fourth-order valence-electron chi connectivity index (χ4n) is 8.81. The molecule has 0 aliphatic carbocycles. The Morgan fingerprint density at radius 3 is 1.11 bits per heavy atom. The maximum atomic E-state index is 12.5. The fraction of sp³-hybridized carbons (Fsp3) is 0.897. The molecule has 0 heterocycles. The number of amides is 1. The molecule has 0 spiro atoms. The Bertz CT molecular complexity index is 997. The van der Waals surface area contributed by atoms with Gasteiger partial charge < -0.3 is 20.3 Å². The van der Waals surface area contributed by atoms with E-state index in [2.05, 4.69) is 31.3 Å². The number of unbranched alkanes of at least 4 members (excludes halogenated alkanes) is 40. The normalized spacial score (nSPS) is 12.8. The van der Waals surface area contributed by atoms with Gasteiger partial charge in [0.05, 0.1) is 25.4 Å². The predicted molar refractivity (Wildman–Crippen MR) is 278 cm³/mol. The van der Waals surface area contributed by atoms with Crippen LogP contribution in [0.15, 0.2) is 24.3 Å². The number of allylic oxidation sites excluding steroid dienone is 3. The number of carbonyl (C=O) groups is 2. The molecule has 1 amide bonds.